The molecule has 1 radical (unpaired) electrons. The van der Waals surface area contributed by atoms with E-state index in [0.29, 0.717) is 0 Å². The Morgan fingerprint density at radius 3 is 2.61 bits per heavy atom. The highest BCUT2D eigenvalue weighted by atomic mass is 16.7. The molecule has 0 aliphatic carbocycles. The summed E-state index contributed by atoms with van der Waals surface area (Å²) in [6.45, 7) is 0. The van der Waals surface area contributed by atoms with Crippen LogP contribution in [0.4, 0.5) is 0 Å². The van der Waals surface area contributed by atoms with Crippen LogP contribution in [-0.4, -0.2) is 37.6 Å². The summed E-state index contributed by atoms with van der Waals surface area (Å²) in [6.07, 6.45) is 3.72. The first-order valence-corrected chi connectivity index (χ1v) is 5.38. The summed E-state index contributed by atoms with van der Waals surface area (Å²) in [5, 5.41) is 3.51. The third kappa shape index (κ3) is 3.80. The van der Waals surface area contributed by atoms with Crippen molar-refractivity contribution in [3.63, 3.8) is 0 Å². The fourth-order valence-corrected chi connectivity index (χ4v) is 1.35. The summed E-state index contributed by atoms with van der Waals surface area (Å²) in [4.78, 5) is 27.3. The molecule has 0 aromatic heterocycles. The molecule has 1 amide bonds. The van der Waals surface area contributed by atoms with Gasteiger partial charge >= 0.3 is 0 Å². The van der Waals surface area contributed by atoms with Gasteiger partial charge in [0, 0.05) is 6.08 Å². The predicted molar refractivity (Wildman–Crippen MR) is 67.9 cm³/mol. The minimum Gasteiger partial charge on any atom is -0.292 e. The fourth-order valence-electron chi connectivity index (χ4n) is 1.35. The molecular weight excluding hydrogens is 232 g/mol. The summed E-state index contributed by atoms with van der Waals surface area (Å²) in [5.74, 6) is -0.441. The molecular formula is C13H15N2O3. The first-order valence-electron chi connectivity index (χ1n) is 5.38. The summed E-state index contributed by atoms with van der Waals surface area (Å²) in [7, 11) is 2.85. The number of hydrogen-bond acceptors (Lipinski definition) is 4. The van der Waals surface area contributed by atoms with E-state index >= 15 is 0 Å². The lowest BCUT2D eigenvalue weighted by molar-refractivity contribution is -0.178. The van der Waals surface area contributed by atoms with Gasteiger partial charge in [0.1, 0.15) is 0 Å². The number of nitrogens with zero attached hydrogens (tertiary/aromatic N) is 1. The van der Waals surface area contributed by atoms with Crippen LogP contribution in [0.2, 0.25) is 0 Å². The van der Waals surface area contributed by atoms with E-state index in [9.17, 15) is 9.59 Å². The van der Waals surface area contributed by atoms with Gasteiger partial charge in [-0.25, -0.2) is 0 Å². The third-order valence-electron chi connectivity index (χ3n) is 2.25. The fraction of sp³-hybridized carbons (Fsp3) is 0.231. The van der Waals surface area contributed by atoms with Crippen LogP contribution < -0.4 is 5.32 Å². The second-order valence-corrected chi connectivity index (χ2v) is 3.40. The quantitative estimate of drug-likeness (QED) is 0.458. The van der Waals surface area contributed by atoms with E-state index in [2.05, 4.69) is 5.32 Å². The van der Waals surface area contributed by atoms with Gasteiger partial charge in [-0.15, -0.1) is 0 Å². The number of hydroxylamine groups is 2. The number of benzene rings is 1. The molecule has 5 nitrogen and oxygen atoms in total. The predicted octanol–water partition coefficient (Wildman–Crippen LogP) is 0.745. The zero-order valence-corrected chi connectivity index (χ0v) is 10.3. The van der Waals surface area contributed by atoms with Gasteiger partial charge in [-0.2, -0.15) is 5.06 Å². The van der Waals surface area contributed by atoms with Crippen molar-refractivity contribution in [2.24, 2.45) is 0 Å². The number of rotatable bonds is 6. The molecule has 0 bridgehead atoms. The monoisotopic (exact) mass is 247 g/mol. The lowest BCUT2D eigenvalue weighted by Gasteiger charge is -2.22. The van der Waals surface area contributed by atoms with Crippen LogP contribution in [0.25, 0.3) is 6.08 Å². The highest BCUT2D eigenvalue weighted by Gasteiger charge is 2.20. The zero-order chi connectivity index (χ0) is 13.4. The second kappa shape index (κ2) is 7.37. The van der Waals surface area contributed by atoms with Crippen LogP contribution in [-0.2, 0) is 14.4 Å². The van der Waals surface area contributed by atoms with Crippen molar-refractivity contribution in [1.82, 2.24) is 10.4 Å². The maximum absolute atomic E-state index is 11.8. The topological polar surface area (TPSA) is 58.6 Å². The molecule has 0 fully saturated rings. The van der Waals surface area contributed by atoms with E-state index in [4.69, 9.17) is 4.84 Å². The number of carbonyl (C=O) groups is 1. The molecule has 5 heteroatoms. The first-order chi connectivity index (χ1) is 8.72. The van der Waals surface area contributed by atoms with Gasteiger partial charge in [-0.1, -0.05) is 30.3 Å². The maximum atomic E-state index is 11.8. The smallest absolute Gasteiger partial charge is 0.272 e. The van der Waals surface area contributed by atoms with E-state index in [1.165, 1.54) is 20.2 Å². The average Bonchev–Trinajstić information content (AvgIpc) is 2.43. The standard InChI is InChI=1S/C13H15N2O3/c1-14-12(10-16)15(18-2)13(17)9-8-11-6-4-3-5-7-11/h3-9,12,14H,1-2H3. The van der Waals surface area contributed by atoms with Crippen molar-refractivity contribution in [2.75, 3.05) is 14.2 Å². The molecule has 18 heavy (non-hydrogen) atoms. The Balaban J connectivity index is 2.74. The van der Waals surface area contributed by atoms with Crippen molar-refractivity contribution >= 4 is 18.3 Å². The molecule has 0 spiro atoms. The van der Waals surface area contributed by atoms with Gasteiger partial charge < -0.3 is 0 Å². The van der Waals surface area contributed by atoms with Crippen molar-refractivity contribution in [2.45, 2.75) is 6.17 Å². The minimum absolute atomic E-state index is 0.441. The van der Waals surface area contributed by atoms with Crippen molar-refractivity contribution in [3.8, 4) is 0 Å². The summed E-state index contributed by atoms with van der Waals surface area (Å²) in [5.41, 5.74) is 0.887. The van der Waals surface area contributed by atoms with Gasteiger partial charge in [-0.05, 0) is 18.7 Å². The lowest BCUT2D eigenvalue weighted by Crippen LogP contribution is -2.47. The highest BCUT2D eigenvalue weighted by molar-refractivity contribution is 5.92. The number of likely N-dealkylation sites (N-methyl/N-ethyl adjacent to an activating group) is 1. The van der Waals surface area contributed by atoms with Gasteiger partial charge in [-0.3, -0.25) is 19.7 Å². The maximum Gasteiger partial charge on any atom is 0.272 e. The van der Waals surface area contributed by atoms with E-state index in [1.807, 2.05) is 30.3 Å². The minimum atomic E-state index is -0.928. The van der Waals surface area contributed by atoms with Crippen molar-refractivity contribution in [1.29, 1.82) is 0 Å². The van der Waals surface area contributed by atoms with Crippen LogP contribution in [0, 0.1) is 0 Å². The summed E-state index contributed by atoms with van der Waals surface area (Å²) in [6, 6.07) is 9.35. The Morgan fingerprint density at radius 1 is 1.44 bits per heavy atom. The molecule has 1 unspecified atom stereocenters. The molecule has 1 N–H and O–H groups in total. The lowest BCUT2D eigenvalue weighted by atomic mass is 10.2. The molecule has 1 rings (SSSR count). The first kappa shape index (κ1) is 14.1. The van der Waals surface area contributed by atoms with E-state index in [1.54, 1.807) is 12.4 Å². The van der Waals surface area contributed by atoms with Crippen molar-refractivity contribution < 1.29 is 14.4 Å². The molecule has 0 heterocycles. The Bertz CT molecular complexity index is 418. The van der Waals surface area contributed by atoms with Gasteiger partial charge in [0.05, 0.1) is 7.11 Å². The number of hydrogen-bond donors (Lipinski definition) is 1. The van der Waals surface area contributed by atoms with Crippen LogP contribution >= 0.6 is 0 Å². The molecule has 0 aliphatic rings. The number of amides is 1. The molecule has 1 aromatic rings. The van der Waals surface area contributed by atoms with Crippen molar-refractivity contribution in [3.05, 3.63) is 42.0 Å². The summed E-state index contributed by atoms with van der Waals surface area (Å²) >= 11 is 0. The molecule has 95 valence electrons. The van der Waals surface area contributed by atoms with Gasteiger partial charge in [0.15, 0.2) is 6.17 Å². The molecule has 0 saturated carbocycles. The number of carbonyl (C=O) groups excluding carboxylic acids is 2. The largest absolute Gasteiger partial charge is 0.292 e. The van der Waals surface area contributed by atoms with Crippen LogP contribution in [0.5, 0.6) is 0 Å². The zero-order valence-electron chi connectivity index (χ0n) is 10.3. The van der Waals surface area contributed by atoms with Crippen LogP contribution in [0.1, 0.15) is 5.56 Å². The third-order valence-corrected chi connectivity index (χ3v) is 2.25. The Labute approximate surface area is 106 Å². The highest BCUT2D eigenvalue weighted by Crippen LogP contribution is 2.03. The van der Waals surface area contributed by atoms with Gasteiger partial charge in [0.2, 0.25) is 6.29 Å². The van der Waals surface area contributed by atoms with Crippen LogP contribution in [0.15, 0.2) is 36.4 Å². The molecule has 0 saturated heterocycles. The molecule has 1 atom stereocenters. The number of nitrogens with one attached hydrogen (secondary N) is 1. The Hall–Kier alpha value is -1.98. The molecule has 0 aliphatic heterocycles. The Morgan fingerprint density at radius 2 is 2.11 bits per heavy atom. The summed E-state index contributed by atoms with van der Waals surface area (Å²) < 4.78 is 0. The van der Waals surface area contributed by atoms with E-state index < -0.39 is 12.1 Å². The van der Waals surface area contributed by atoms with E-state index in [0.717, 1.165) is 10.6 Å². The molecule has 1 aromatic carbocycles. The normalized spacial score (nSPS) is 12.3. The Kier molecular flexibility index (Phi) is 5.76. The van der Waals surface area contributed by atoms with E-state index in [-0.39, 0.29) is 0 Å². The second-order valence-electron chi connectivity index (χ2n) is 3.40. The van der Waals surface area contributed by atoms with Crippen LogP contribution in [0.3, 0.4) is 0 Å². The SMILES string of the molecule is CNC([C]=O)N(OC)C(=O)C=Cc1ccccc1. The van der Waals surface area contributed by atoms with Gasteiger partial charge in [0.25, 0.3) is 5.91 Å². The average molecular weight is 247 g/mol.